The number of carbonyl (C=O) groups excluding carboxylic acids is 2. The average Bonchev–Trinajstić information content (AvgIpc) is 2.55. The van der Waals surface area contributed by atoms with Gasteiger partial charge in [-0.3, -0.25) is 9.59 Å². The molecule has 0 aromatic heterocycles. The average molecular weight is 320 g/mol. The second-order valence-corrected chi connectivity index (χ2v) is 6.75. The molecule has 22 heavy (non-hydrogen) atoms. The highest BCUT2D eigenvalue weighted by atomic mass is 32.2. The zero-order valence-corrected chi connectivity index (χ0v) is 13.7. The number of piperidine rings is 1. The second kappa shape index (κ2) is 8.83. The second-order valence-electron chi connectivity index (χ2n) is 5.64. The Morgan fingerprint density at radius 1 is 1.23 bits per heavy atom. The Morgan fingerprint density at radius 3 is 2.73 bits per heavy atom. The number of amides is 2. The van der Waals surface area contributed by atoms with Crippen molar-refractivity contribution in [1.29, 1.82) is 0 Å². The molecule has 0 radical (unpaired) electrons. The number of rotatable bonds is 7. The molecule has 1 fully saturated rings. The van der Waals surface area contributed by atoms with E-state index in [1.165, 1.54) is 5.56 Å². The summed E-state index contributed by atoms with van der Waals surface area (Å²) in [5.41, 5.74) is 6.73. The Kier molecular flexibility index (Phi) is 6.77. The fraction of sp³-hybridized carbons (Fsp3) is 0.529. The van der Waals surface area contributed by atoms with Gasteiger partial charge in [-0.2, -0.15) is 11.8 Å². The third-order valence-electron chi connectivity index (χ3n) is 3.97. The zero-order valence-electron chi connectivity index (χ0n) is 12.9. The Morgan fingerprint density at radius 2 is 2.00 bits per heavy atom. The van der Waals surface area contributed by atoms with Crippen molar-refractivity contribution in [3.05, 3.63) is 35.9 Å². The first-order valence-corrected chi connectivity index (χ1v) is 9.04. The number of aryl methyl sites for hydroxylation is 1. The highest BCUT2D eigenvalue weighted by Gasteiger charge is 2.30. The summed E-state index contributed by atoms with van der Waals surface area (Å²) in [6.45, 7) is 0.664. The fourth-order valence-electron chi connectivity index (χ4n) is 2.79. The van der Waals surface area contributed by atoms with Crippen LogP contribution < -0.4 is 5.73 Å². The maximum absolute atomic E-state index is 12.2. The summed E-state index contributed by atoms with van der Waals surface area (Å²) in [5.74, 6) is 1.07. The van der Waals surface area contributed by atoms with E-state index in [0.29, 0.717) is 18.7 Å². The van der Waals surface area contributed by atoms with Crippen LogP contribution in [0, 0.1) is 0 Å². The van der Waals surface area contributed by atoms with Gasteiger partial charge in [0.15, 0.2) is 0 Å². The molecule has 1 atom stereocenters. The molecule has 0 bridgehead atoms. The molecule has 1 aromatic rings. The fourth-order valence-corrected chi connectivity index (χ4v) is 3.62. The maximum Gasteiger partial charge on any atom is 0.240 e. The van der Waals surface area contributed by atoms with Crippen LogP contribution in [0.25, 0.3) is 0 Å². The predicted molar refractivity (Wildman–Crippen MR) is 90.6 cm³/mol. The lowest BCUT2D eigenvalue weighted by Gasteiger charge is -2.33. The van der Waals surface area contributed by atoms with Gasteiger partial charge >= 0.3 is 0 Å². The molecule has 1 saturated heterocycles. The van der Waals surface area contributed by atoms with E-state index in [4.69, 9.17) is 5.73 Å². The predicted octanol–water partition coefficient (Wildman–Crippen LogP) is 2.22. The van der Waals surface area contributed by atoms with Gasteiger partial charge < -0.3 is 10.6 Å². The highest BCUT2D eigenvalue weighted by Crippen LogP contribution is 2.18. The molecule has 2 N–H and O–H groups in total. The van der Waals surface area contributed by atoms with Crippen LogP contribution >= 0.6 is 11.8 Å². The van der Waals surface area contributed by atoms with Crippen molar-refractivity contribution in [2.75, 3.05) is 18.1 Å². The number of primary amides is 1. The molecule has 2 rings (SSSR count). The molecule has 1 aromatic carbocycles. The molecule has 1 aliphatic rings. The number of nitrogens with two attached hydrogens (primary N) is 1. The van der Waals surface area contributed by atoms with Crippen LogP contribution in [0.15, 0.2) is 30.3 Å². The van der Waals surface area contributed by atoms with Gasteiger partial charge in [0.05, 0.1) is 5.75 Å². The van der Waals surface area contributed by atoms with Gasteiger partial charge in [0.2, 0.25) is 11.8 Å². The van der Waals surface area contributed by atoms with Crippen LogP contribution in [-0.4, -0.2) is 40.8 Å². The molecule has 0 spiro atoms. The Labute approximate surface area is 136 Å². The van der Waals surface area contributed by atoms with Crippen molar-refractivity contribution >= 4 is 23.6 Å². The number of benzene rings is 1. The standard InChI is InChI=1S/C17H24N2O2S/c18-17(21)15-10-4-5-11-19(15)16(20)13-22-12-6-9-14-7-2-1-3-8-14/h1-3,7-8,15H,4-6,9-13H2,(H2,18,21). The largest absolute Gasteiger partial charge is 0.368 e. The molecule has 5 heteroatoms. The molecule has 2 amide bonds. The molecular weight excluding hydrogens is 296 g/mol. The van der Waals surface area contributed by atoms with E-state index in [2.05, 4.69) is 12.1 Å². The highest BCUT2D eigenvalue weighted by molar-refractivity contribution is 7.99. The lowest BCUT2D eigenvalue weighted by Crippen LogP contribution is -2.51. The van der Waals surface area contributed by atoms with Gasteiger partial charge in [-0.15, -0.1) is 0 Å². The van der Waals surface area contributed by atoms with Gasteiger partial charge in [-0.1, -0.05) is 30.3 Å². The normalized spacial score (nSPS) is 18.2. The monoisotopic (exact) mass is 320 g/mol. The van der Waals surface area contributed by atoms with Crippen molar-refractivity contribution in [1.82, 2.24) is 4.90 Å². The third kappa shape index (κ3) is 5.05. The molecular formula is C17H24N2O2S. The zero-order chi connectivity index (χ0) is 15.8. The van der Waals surface area contributed by atoms with Gasteiger partial charge in [-0.05, 0) is 43.4 Å². The van der Waals surface area contributed by atoms with Crippen LogP contribution in [0.1, 0.15) is 31.2 Å². The SMILES string of the molecule is NC(=O)C1CCCCN1C(=O)CSCCCc1ccccc1. The molecule has 0 aliphatic carbocycles. The number of likely N-dealkylation sites (tertiary alicyclic amines) is 1. The number of carbonyl (C=O) groups is 2. The summed E-state index contributed by atoms with van der Waals surface area (Å²) in [6.07, 6.45) is 4.74. The van der Waals surface area contributed by atoms with Crippen molar-refractivity contribution in [3.8, 4) is 0 Å². The van der Waals surface area contributed by atoms with Gasteiger partial charge in [0.25, 0.3) is 0 Å². The maximum atomic E-state index is 12.2. The first-order chi connectivity index (χ1) is 10.7. The summed E-state index contributed by atoms with van der Waals surface area (Å²) < 4.78 is 0. The summed E-state index contributed by atoms with van der Waals surface area (Å²) in [7, 11) is 0. The van der Waals surface area contributed by atoms with E-state index in [1.807, 2.05) is 18.2 Å². The van der Waals surface area contributed by atoms with Crippen LogP contribution in [-0.2, 0) is 16.0 Å². The molecule has 4 nitrogen and oxygen atoms in total. The number of nitrogens with zero attached hydrogens (tertiary/aromatic N) is 1. The minimum atomic E-state index is -0.397. The Hall–Kier alpha value is -1.49. The van der Waals surface area contributed by atoms with Gasteiger partial charge in [0, 0.05) is 6.54 Å². The number of hydrogen-bond donors (Lipinski definition) is 1. The van der Waals surface area contributed by atoms with E-state index in [9.17, 15) is 9.59 Å². The van der Waals surface area contributed by atoms with E-state index in [0.717, 1.165) is 31.4 Å². The number of thioether (sulfide) groups is 1. The molecule has 0 saturated carbocycles. The Bertz CT molecular complexity index is 493. The van der Waals surface area contributed by atoms with Crippen molar-refractivity contribution < 1.29 is 9.59 Å². The molecule has 1 unspecified atom stereocenters. The van der Waals surface area contributed by atoms with Crippen LogP contribution in [0.5, 0.6) is 0 Å². The molecule has 120 valence electrons. The van der Waals surface area contributed by atoms with E-state index in [-0.39, 0.29) is 11.8 Å². The lowest BCUT2D eigenvalue weighted by molar-refractivity contribution is -0.138. The molecule has 1 heterocycles. The van der Waals surface area contributed by atoms with E-state index in [1.54, 1.807) is 16.7 Å². The minimum Gasteiger partial charge on any atom is -0.368 e. The number of hydrogen-bond acceptors (Lipinski definition) is 3. The van der Waals surface area contributed by atoms with Crippen LogP contribution in [0.4, 0.5) is 0 Å². The summed E-state index contributed by atoms with van der Waals surface area (Å²) in [5, 5.41) is 0. The van der Waals surface area contributed by atoms with E-state index < -0.39 is 6.04 Å². The summed E-state index contributed by atoms with van der Waals surface area (Å²) >= 11 is 1.64. The minimum absolute atomic E-state index is 0.0493. The smallest absolute Gasteiger partial charge is 0.240 e. The quantitative estimate of drug-likeness (QED) is 0.784. The summed E-state index contributed by atoms with van der Waals surface area (Å²) in [6, 6.07) is 9.97. The van der Waals surface area contributed by atoms with Crippen LogP contribution in [0.3, 0.4) is 0 Å². The van der Waals surface area contributed by atoms with Gasteiger partial charge in [-0.25, -0.2) is 0 Å². The first-order valence-electron chi connectivity index (χ1n) is 7.89. The third-order valence-corrected chi connectivity index (χ3v) is 5.00. The van der Waals surface area contributed by atoms with Crippen LogP contribution in [0.2, 0.25) is 0 Å². The lowest BCUT2D eigenvalue weighted by atomic mass is 10.0. The first kappa shape index (κ1) is 16.9. The van der Waals surface area contributed by atoms with Crippen molar-refractivity contribution in [2.24, 2.45) is 5.73 Å². The topological polar surface area (TPSA) is 63.4 Å². The van der Waals surface area contributed by atoms with E-state index >= 15 is 0 Å². The van der Waals surface area contributed by atoms with Crippen molar-refractivity contribution in [3.63, 3.8) is 0 Å². The summed E-state index contributed by atoms with van der Waals surface area (Å²) in [4.78, 5) is 25.3. The van der Waals surface area contributed by atoms with Gasteiger partial charge in [0.1, 0.15) is 6.04 Å². The molecule has 1 aliphatic heterocycles. The van der Waals surface area contributed by atoms with Crippen molar-refractivity contribution in [2.45, 2.75) is 38.1 Å². The Balaban J connectivity index is 1.67.